The number of fused-ring (bicyclic) bond motifs is 1. The Morgan fingerprint density at radius 2 is 2.32 bits per heavy atom. The second-order valence-electron chi connectivity index (χ2n) is 4.58. The molecule has 0 aliphatic carbocycles. The Hall–Kier alpha value is -2.17. The number of thiazole rings is 1. The zero-order valence-electron chi connectivity index (χ0n) is 11.7. The first kappa shape index (κ1) is 14.8. The fourth-order valence-electron chi connectivity index (χ4n) is 2.05. The third-order valence-electron chi connectivity index (χ3n) is 3.02. The predicted octanol–water partition coefficient (Wildman–Crippen LogP) is 2.57. The summed E-state index contributed by atoms with van der Waals surface area (Å²) in [5, 5.41) is 4.07. The van der Waals surface area contributed by atoms with E-state index in [0.29, 0.717) is 17.0 Å². The molecule has 110 valence electrons. The molecule has 0 saturated heterocycles. The molecule has 0 atom stereocenters. The standard InChI is InChI=1S/C15H11BrN4OS/c1-3-7-20-12-5-4-10(16)9-13(12)22-15(20)17-14(21)11-6-8-19(2)18-11/h1,4-6,8-9H,7H2,2H3. The molecule has 5 nitrogen and oxygen atoms in total. The van der Waals surface area contributed by atoms with E-state index in [1.807, 2.05) is 22.8 Å². The van der Waals surface area contributed by atoms with Gasteiger partial charge in [0.1, 0.15) is 0 Å². The largest absolute Gasteiger partial charge is 0.305 e. The highest BCUT2D eigenvalue weighted by molar-refractivity contribution is 9.10. The molecule has 3 aromatic rings. The van der Waals surface area contributed by atoms with Crippen molar-refractivity contribution in [3.63, 3.8) is 0 Å². The number of aromatic nitrogens is 3. The molecule has 0 aliphatic rings. The Bertz CT molecular complexity index is 973. The van der Waals surface area contributed by atoms with Gasteiger partial charge in [-0.25, -0.2) is 0 Å². The molecule has 0 saturated carbocycles. The van der Waals surface area contributed by atoms with Crippen LogP contribution in [0, 0.1) is 12.3 Å². The van der Waals surface area contributed by atoms with Crippen molar-refractivity contribution in [1.82, 2.24) is 14.3 Å². The van der Waals surface area contributed by atoms with Crippen molar-refractivity contribution in [1.29, 1.82) is 0 Å². The lowest BCUT2D eigenvalue weighted by atomic mass is 10.3. The summed E-state index contributed by atoms with van der Waals surface area (Å²) < 4.78 is 5.40. The highest BCUT2D eigenvalue weighted by Gasteiger charge is 2.10. The number of carbonyl (C=O) groups is 1. The maximum absolute atomic E-state index is 12.2. The van der Waals surface area contributed by atoms with Crippen LogP contribution >= 0.6 is 27.3 Å². The van der Waals surface area contributed by atoms with Crippen LogP contribution in [-0.4, -0.2) is 20.3 Å². The van der Waals surface area contributed by atoms with Crippen LogP contribution in [-0.2, 0) is 13.6 Å². The molecule has 22 heavy (non-hydrogen) atoms. The van der Waals surface area contributed by atoms with Gasteiger partial charge in [0.15, 0.2) is 10.5 Å². The van der Waals surface area contributed by atoms with Crippen LogP contribution in [0.2, 0.25) is 0 Å². The van der Waals surface area contributed by atoms with Crippen molar-refractivity contribution in [2.24, 2.45) is 12.0 Å². The monoisotopic (exact) mass is 374 g/mol. The number of carbonyl (C=O) groups excluding carboxylic acids is 1. The molecule has 1 aromatic carbocycles. The SMILES string of the molecule is C#CCn1c(=NC(=O)c2ccn(C)n2)sc2cc(Br)ccc21. The summed E-state index contributed by atoms with van der Waals surface area (Å²) >= 11 is 4.87. The van der Waals surface area contributed by atoms with E-state index in [0.717, 1.165) is 14.7 Å². The fourth-order valence-corrected chi connectivity index (χ4v) is 3.63. The van der Waals surface area contributed by atoms with Gasteiger partial charge in [-0.1, -0.05) is 33.2 Å². The zero-order valence-corrected chi connectivity index (χ0v) is 14.1. The minimum absolute atomic E-state index is 0.313. The van der Waals surface area contributed by atoms with Crippen molar-refractivity contribution in [2.75, 3.05) is 0 Å². The van der Waals surface area contributed by atoms with Gasteiger partial charge in [0.25, 0.3) is 5.91 Å². The van der Waals surface area contributed by atoms with Crippen molar-refractivity contribution < 1.29 is 4.79 Å². The minimum Gasteiger partial charge on any atom is -0.305 e. The van der Waals surface area contributed by atoms with Gasteiger partial charge in [-0.05, 0) is 24.3 Å². The summed E-state index contributed by atoms with van der Waals surface area (Å²) in [5.74, 6) is 2.22. The smallest absolute Gasteiger partial charge is 0.300 e. The van der Waals surface area contributed by atoms with Crippen LogP contribution in [0.3, 0.4) is 0 Å². The third kappa shape index (κ3) is 2.75. The molecule has 2 heterocycles. The molecule has 0 bridgehead atoms. The second kappa shape index (κ2) is 5.91. The Labute approximate surface area is 139 Å². The summed E-state index contributed by atoms with van der Waals surface area (Å²) in [6.07, 6.45) is 7.15. The number of rotatable bonds is 2. The van der Waals surface area contributed by atoms with Gasteiger partial charge in [-0.2, -0.15) is 10.1 Å². The molecule has 0 unspecified atom stereocenters. The van der Waals surface area contributed by atoms with Gasteiger partial charge >= 0.3 is 0 Å². The quantitative estimate of drug-likeness (QED) is 0.647. The van der Waals surface area contributed by atoms with Crippen molar-refractivity contribution >= 4 is 43.4 Å². The van der Waals surface area contributed by atoms with Crippen LogP contribution in [0.15, 0.2) is 39.9 Å². The average molecular weight is 375 g/mol. The molecule has 3 rings (SSSR count). The summed E-state index contributed by atoms with van der Waals surface area (Å²) in [6.45, 7) is 0.357. The summed E-state index contributed by atoms with van der Waals surface area (Å²) in [6, 6.07) is 7.52. The van der Waals surface area contributed by atoms with E-state index in [9.17, 15) is 4.79 Å². The Kier molecular flexibility index (Phi) is 3.96. The topological polar surface area (TPSA) is 52.2 Å². The second-order valence-corrected chi connectivity index (χ2v) is 6.50. The van der Waals surface area contributed by atoms with Crippen LogP contribution in [0.5, 0.6) is 0 Å². The van der Waals surface area contributed by atoms with Crippen molar-refractivity contribution in [3.05, 3.63) is 45.4 Å². The maximum Gasteiger partial charge on any atom is 0.300 e. The number of aryl methyl sites for hydroxylation is 1. The first-order valence-electron chi connectivity index (χ1n) is 6.39. The molecule has 0 N–H and O–H groups in total. The van der Waals surface area contributed by atoms with Gasteiger partial charge in [-0.3, -0.25) is 9.48 Å². The molecule has 0 spiro atoms. The molecule has 2 aromatic heterocycles. The van der Waals surface area contributed by atoms with Gasteiger partial charge in [0, 0.05) is 17.7 Å². The summed E-state index contributed by atoms with van der Waals surface area (Å²) in [5.41, 5.74) is 1.27. The number of amides is 1. The highest BCUT2D eigenvalue weighted by atomic mass is 79.9. The van der Waals surface area contributed by atoms with E-state index in [2.05, 4.69) is 31.9 Å². The van der Waals surface area contributed by atoms with Gasteiger partial charge in [-0.15, -0.1) is 6.42 Å². The Balaban J connectivity index is 2.17. The van der Waals surface area contributed by atoms with Crippen molar-refractivity contribution in [3.8, 4) is 12.3 Å². The van der Waals surface area contributed by atoms with Crippen LogP contribution in [0.25, 0.3) is 10.2 Å². The van der Waals surface area contributed by atoms with E-state index in [-0.39, 0.29) is 5.91 Å². The molecule has 0 fully saturated rings. The molecule has 1 amide bonds. The maximum atomic E-state index is 12.2. The van der Waals surface area contributed by atoms with Crippen LogP contribution < -0.4 is 4.80 Å². The zero-order chi connectivity index (χ0) is 15.7. The van der Waals surface area contributed by atoms with Gasteiger partial charge in [0.05, 0.1) is 16.8 Å². The summed E-state index contributed by atoms with van der Waals surface area (Å²) in [4.78, 5) is 17.0. The highest BCUT2D eigenvalue weighted by Crippen LogP contribution is 2.22. The number of terminal acetylenes is 1. The normalized spacial score (nSPS) is 11.8. The van der Waals surface area contributed by atoms with Crippen LogP contribution in [0.4, 0.5) is 0 Å². The third-order valence-corrected chi connectivity index (χ3v) is 4.56. The number of hydrogen-bond acceptors (Lipinski definition) is 3. The molecule has 0 aliphatic heterocycles. The van der Waals surface area contributed by atoms with Gasteiger partial charge in [0.2, 0.25) is 0 Å². The van der Waals surface area contributed by atoms with E-state index in [1.165, 1.54) is 11.3 Å². The number of benzene rings is 1. The lowest BCUT2D eigenvalue weighted by Crippen LogP contribution is -2.16. The average Bonchev–Trinajstić information content (AvgIpc) is 3.04. The molecule has 7 heteroatoms. The minimum atomic E-state index is -0.378. The lowest BCUT2D eigenvalue weighted by Gasteiger charge is -1.99. The Morgan fingerprint density at radius 1 is 1.50 bits per heavy atom. The Morgan fingerprint density at radius 3 is 3.00 bits per heavy atom. The van der Waals surface area contributed by atoms with E-state index in [4.69, 9.17) is 6.42 Å². The predicted molar refractivity (Wildman–Crippen MR) is 89.4 cm³/mol. The molecular weight excluding hydrogens is 364 g/mol. The van der Waals surface area contributed by atoms with Gasteiger partial charge < -0.3 is 4.57 Å². The molecular formula is C15H11BrN4OS. The van der Waals surface area contributed by atoms with E-state index >= 15 is 0 Å². The van der Waals surface area contributed by atoms with E-state index < -0.39 is 0 Å². The molecule has 0 radical (unpaired) electrons. The number of nitrogens with zero attached hydrogens (tertiary/aromatic N) is 4. The van der Waals surface area contributed by atoms with Crippen LogP contribution in [0.1, 0.15) is 10.5 Å². The number of hydrogen-bond donors (Lipinski definition) is 0. The van der Waals surface area contributed by atoms with E-state index in [1.54, 1.807) is 24.0 Å². The first-order chi connectivity index (χ1) is 10.6. The first-order valence-corrected chi connectivity index (χ1v) is 8.00. The number of halogens is 1. The summed E-state index contributed by atoms with van der Waals surface area (Å²) in [7, 11) is 1.76. The van der Waals surface area contributed by atoms with Crippen molar-refractivity contribution in [2.45, 2.75) is 6.54 Å². The lowest BCUT2D eigenvalue weighted by molar-refractivity contribution is 0.0992. The fraction of sp³-hybridized carbons (Fsp3) is 0.133.